The zero-order valence-corrected chi connectivity index (χ0v) is 12.2. The Kier molecular flexibility index (Phi) is 5.54. The number of hydrogen-bond donors (Lipinski definition) is 2. The Hall–Kier alpha value is -0.210. The van der Waals surface area contributed by atoms with Crippen molar-refractivity contribution in [3.8, 4) is 0 Å². The number of hydrogen-bond acceptors (Lipinski definition) is 4. The molecule has 18 heavy (non-hydrogen) atoms. The van der Waals surface area contributed by atoms with Gasteiger partial charge in [0.15, 0.2) is 0 Å². The van der Waals surface area contributed by atoms with Crippen LogP contribution in [0.25, 0.3) is 0 Å². The van der Waals surface area contributed by atoms with Crippen molar-refractivity contribution in [1.29, 1.82) is 0 Å². The number of aliphatic hydroxyl groups is 1. The number of aliphatic hydroxyl groups excluding tert-OH is 1. The van der Waals surface area contributed by atoms with Crippen LogP contribution in [0.15, 0.2) is 0 Å². The van der Waals surface area contributed by atoms with Crippen LogP contribution in [0.2, 0.25) is 0 Å². The van der Waals surface area contributed by atoms with E-state index >= 15 is 0 Å². The summed E-state index contributed by atoms with van der Waals surface area (Å²) in [6.45, 7) is 7.45. The summed E-state index contributed by atoms with van der Waals surface area (Å²) in [4.78, 5) is 0. The average molecular weight is 280 g/mol. The van der Waals surface area contributed by atoms with Crippen LogP contribution < -0.4 is 4.72 Å². The molecule has 0 bridgehead atoms. The number of morpholine rings is 1. The Labute approximate surface area is 109 Å². The molecule has 0 radical (unpaired) electrons. The van der Waals surface area contributed by atoms with Crippen LogP contribution in [0, 0.1) is 5.41 Å². The number of nitrogens with zero attached hydrogens (tertiary/aromatic N) is 1. The zero-order chi connectivity index (χ0) is 13.8. The Bertz CT molecular complexity index is 345. The highest BCUT2D eigenvalue weighted by molar-refractivity contribution is 7.87. The molecule has 0 aromatic carbocycles. The summed E-state index contributed by atoms with van der Waals surface area (Å²) in [7, 11) is -3.50. The minimum atomic E-state index is -3.50. The molecule has 1 saturated heterocycles. The fourth-order valence-corrected chi connectivity index (χ4v) is 3.45. The van der Waals surface area contributed by atoms with E-state index in [1.807, 2.05) is 20.8 Å². The topological polar surface area (TPSA) is 78.9 Å². The van der Waals surface area contributed by atoms with Gasteiger partial charge in [-0.25, -0.2) is 0 Å². The second-order valence-electron chi connectivity index (χ2n) is 5.57. The molecule has 1 aliphatic rings. The first-order valence-corrected chi connectivity index (χ1v) is 7.67. The summed E-state index contributed by atoms with van der Waals surface area (Å²) in [5, 5.41) is 9.04. The minimum absolute atomic E-state index is 0.0342. The third-order valence-electron chi connectivity index (χ3n) is 3.06. The predicted molar refractivity (Wildman–Crippen MR) is 69.4 cm³/mol. The summed E-state index contributed by atoms with van der Waals surface area (Å²) in [5.41, 5.74) is -0.234. The molecule has 0 aromatic heterocycles. The highest BCUT2D eigenvalue weighted by atomic mass is 32.2. The summed E-state index contributed by atoms with van der Waals surface area (Å²) in [6, 6.07) is -0.282. The average Bonchev–Trinajstić information content (AvgIpc) is 2.28. The third kappa shape index (κ3) is 4.47. The van der Waals surface area contributed by atoms with Crippen molar-refractivity contribution >= 4 is 10.2 Å². The van der Waals surface area contributed by atoms with E-state index < -0.39 is 10.2 Å². The van der Waals surface area contributed by atoms with Crippen LogP contribution in [-0.4, -0.2) is 56.8 Å². The maximum Gasteiger partial charge on any atom is 0.279 e. The molecular formula is C11H24N2O4S. The van der Waals surface area contributed by atoms with E-state index in [0.29, 0.717) is 32.7 Å². The van der Waals surface area contributed by atoms with Crippen LogP contribution in [0.3, 0.4) is 0 Å². The molecule has 1 rings (SSSR count). The summed E-state index contributed by atoms with van der Waals surface area (Å²) >= 11 is 0. The molecule has 0 aliphatic carbocycles. The van der Waals surface area contributed by atoms with Gasteiger partial charge in [-0.3, -0.25) is 0 Å². The molecule has 0 amide bonds. The number of ether oxygens (including phenoxy) is 1. The standard InChI is InChI=1S/C11H24N2O4S/c1-11(2,3)10(4-7-14)12-18(15,16)13-5-8-17-9-6-13/h10,12,14H,4-9H2,1-3H3. The van der Waals surface area contributed by atoms with Crippen LogP contribution in [-0.2, 0) is 14.9 Å². The van der Waals surface area contributed by atoms with E-state index in [1.165, 1.54) is 4.31 Å². The van der Waals surface area contributed by atoms with Gasteiger partial charge < -0.3 is 9.84 Å². The summed E-state index contributed by atoms with van der Waals surface area (Å²) < 4.78 is 33.6. The van der Waals surface area contributed by atoms with Gasteiger partial charge in [0.25, 0.3) is 10.2 Å². The van der Waals surface area contributed by atoms with E-state index in [-0.39, 0.29) is 18.1 Å². The molecule has 7 heteroatoms. The van der Waals surface area contributed by atoms with E-state index in [2.05, 4.69) is 4.72 Å². The molecular weight excluding hydrogens is 256 g/mol. The molecule has 1 aliphatic heterocycles. The predicted octanol–water partition coefficient (Wildman–Crippen LogP) is -0.0499. The molecule has 0 spiro atoms. The van der Waals surface area contributed by atoms with Crippen molar-refractivity contribution in [2.75, 3.05) is 32.9 Å². The van der Waals surface area contributed by atoms with Crippen molar-refractivity contribution in [3.05, 3.63) is 0 Å². The van der Waals surface area contributed by atoms with Crippen LogP contribution >= 0.6 is 0 Å². The second-order valence-corrected chi connectivity index (χ2v) is 7.27. The molecule has 1 atom stereocenters. The maximum absolute atomic E-state index is 12.2. The lowest BCUT2D eigenvalue weighted by Crippen LogP contribution is -2.52. The smallest absolute Gasteiger partial charge is 0.279 e. The van der Waals surface area contributed by atoms with Gasteiger partial charge in [-0.1, -0.05) is 20.8 Å². The largest absolute Gasteiger partial charge is 0.396 e. The van der Waals surface area contributed by atoms with E-state index in [4.69, 9.17) is 9.84 Å². The molecule has 0 saturated carbocycles. The van der Waals surface area contributed by atoms with E-state index in [0.717, 1.165) is 0 Å². The Morgan fingerprint density at radius 3 is 2.33 bits per heavy atom. The molecule has 1 fully saturated rings. The molecule has 2 N–H and O–H groups in total. The van der Waals surface area contributed by atoms with Crippen LogP contribution in [0.5, 0.6) is 0 Å². The van der Waals surface area contributed by atoms with Crippen molar-refractivity contribution in [2.45, 2.75) is 33.2 Å². The van der Waals surface area contributed by atoms with Crippen LogP contribution in [0.1, 0.15) is 27.2 Å². The highest BCUT2D eigenvalue weighted by Crippen LogP contribution is 2.23. The molecule has 0 aromatic rings. The van der Waals surface area contributed by atoms with Gasteiger partial charge in [0, 0.05) is 25.7 Å². The lowest BCUT2D eigenvalue weighted by atomic mass is 9.86. The van der Waals surface area contributed by atoms with Gasteiger partial charge >= 0.3 is 0 Å². The first-order chi connectivity index (χ1) is 8.27. The summed E-state index contributed by atoms with van der Waals surface area (Å²) in [6.07, 6.45) is 0.410. The SMILES string of the molecule is CC(C)(C)C(CCO)NS(=O)(=O)N1CCOCC1. The minimum Gasteiger partial charge on any atom is -0.396 e. The van der Waals surface area contributed by atoms with Gasteiger partial charge in [0.2, 0.25) is 0 Å². The van der Waals surface area contributed by atoms with Gasteiger partial charge in [-0.2, -0.15) is 17.4 Å². The number of rotatable bonds is 5. The van der Waals surface area contributed by atoms with Gasteiger partial charge in [-0.05, 0) is 11.8 Å². The quantitative estimate of drug-likeness (QED) is 0.740. The van der Waals surface area contributed by atoms with Gasteiger partial charge in [-0.15, -0.1) is 0 Å². The molecule has 6 nitrogen and oxygen atoms in total. The first-order valence-electron chi connectivity index (χ1n) is 6.23. The summed E-state index contributed by atoms with van der Waals surface area (Å²) in [5.74, 6) is 0. The van der Waals surface area contributed by atoms with Crippen molar-refractivity contribution < 1.29 is 18.3 Å². The van der Waals surface area contributed by atoms with Crippen molar-refractivity contribution in [2.24, 2.45) is 5.41 Å². The van der Waals surface area contributed by atoms with Gasteiger partial charge in [0.05, 0.1) is 13.2 Å². The Morgan fingerprint density at radius 2 is 1.89 bits per heavy atom. The highest BCUT2D eigenvalue weighted by Gasteiger charge is 2.32. The number of nitrogens with one attached hydrogen (secondary N) is 1. The third-order valence-corrected chi connectivity index (χ3v) is 4.69. The molecule has 1 heterocycles. The maximum atomic E-state index is 12.2. The Balaban J connectivity index is 2.72. The zero-order valence-electron chi connectivity index (χ0n) is 11.3. The fourth-order valence-electron chi connectivity index (χ4n) is 1.84. The van der Waals surface area contributed by atoms with E-state index in [1.54, 1.807) is 0 Å². The fraction of sp³-hybridized carbons (Fsp3) is 1.00. The van der Waals surface area contributed by atoms with Crippen LogP contribution in [0.4, 0.5) is 0 Å². The van der Waals surface area contributed by atoms with Crippen molar-refractivity contribution in [1.82, 2.24) is 9.03 Å². The van der Waals surface area contributed by atoms with Crippen molar-refractivity contribution in [3.63, 3.8) is 0 Å². The molecule has 108 valence electrons. The Morgan fingerprint density at radius 1 is 1.33 bits per heavy atom. The lowest BCUT2D eigenvalue weighted by Gasteiger charge is -2.34. The lowest BCUT2D eigenvalue weighted by molar-refractivity contribution is 0.0718. The van der Waals surface area contributed by atoms with E-state index in [9.17, 15) is 8.42 Å². The normalized spacial score (nSPS) is 20.9. The second kappa shape index (κ2) is 6.29. The molecule has 1 unspecified atom stereocenters. The first kappa shape index (κ1) is 15.8. The van der Waals surface area contributed by atoms with Gasteiger partial charge in [0.1, 0.15) is 0 Å². The monoisotopic (exact) mass is 280 g/mol.